The van der Waals surface area contributed by atoms with Crippen molar-refractivity contribution in [2.24, 2.45) is 0 Å². The van der Waals surface area contributed by atoms with Crippen LogP contribution < -0.4 is 11.1 Å². The Morgan fingerprint density at radius 3 is 2.94 bits per heavy atom. The molecule has 1 heterocycles. The number of aromatic nitrogens is 1. The predicted molar refractivity (Wildman–Crippen MR) is 65.1 cm³/mol. The number of nitrogens with one attached hydrogen (secondary N) is 1. The van der Waals surface area contributed by atoms with Gasteiger partial charge in [0.1, 0.15) is 5.76 Å². The SMILES string of the molecule is Cc1cc(NC(=O)c2cccc(N)c2Cl)no1. The van der Waals surface area contributed by atoms with Crippen LogP contribution in [0.15, 0.2) is 28.8 Å². The van der Waals surface area contributed by atoms with E-state index in [-0.39, 0.29) is 10.9 Å². The highest BCUT2D eigenvalue weighted by atomic mass is 35.5. The van der Waals surface area contributed by atoms with E-state index in [2.05, 4.69) is 10.5 Å². The lowest BCUT2D eigenvalue weighted by atomic mass is 10.2. The zero-order chi connectivity index (χ0) is 12.4. The fourth-order valence-corrected chi connectivity index (χ4v) is 1.55. The smallest absolute Gasteiger partial charge is 0.258 e. The number of hydrogen-bond donors (Lipinski definition) is 2. The van der Waals surface area contributed by atoms with Crippen LogP contribution in [0.3, 0.4) is 0 Å². The number of nitrogens with two attached hydrogens (primary N) is 1. The molecule has 0 saturated heterocycles. The summed E-state index contributed by atoms with van der Waals surface area (Å²) in [5.41, 5.74) is 6.27. The molecule has 0 bridgehead atoms. The molecule has 88 valence electrons. The van der Waals surface area contributed by atoms with E-state index in [1.165, 1.54) is 0 Å². The van der Waals surface area contributed by atoms with E-state index in [0.29, 0.717) is 22.8 Å². The summed E-state index contributed by atoms with van der Waals surface area (Å²) in [5, 5.41) is 6.44. The number of aryl methyl sites for hydroxylation is 1. The summed E-state index contributed by atoms with van der Waals surface area (Å²) in [4.78, 5) is 11.9. The Morgan fingerprint density at radius 1 is 1.53 bits per heavy atom. The largest absolute Gasteiger partial charge is 0.398 e. The Hall–Kier alpha value is -2.01. The number of carbonyl (C=O) groups is 1. The molecule has 0 aliphatic heterocycles. The molecule has 0 atom stereocenters. The molecule has 17 heavy (non-hydrogen) atoms. The lowest BCUT2D eigenvalue weighted by molar-refractivity contribution is 0.102. The molecule has 0 aliphatic rings. The van der Waals surface area contributed by atoms with Crippen molar-refractivity contribution >= 4 is 29.0 Å². The number of amides is 1. The topological polar surface area (TPSA) is 81.2 Å². The third-order valence-corrected chi connectivity index (χ3v) is 2.56. The van der Waals surface area contributed by atoms with E-state index < -0.39 is 0 Å². The van der Waals surface area contributed by atoms with Crippen LogP contribution in [-0.4, -0.2) is 11.1 Å². The predicted octanol–water partition coefficient (Wildman–Crippen LogP) is 2.47. The molecule has 2 rings (SSSR count). The third-order valence-electron chi connectivity index (χ3n) is 2.14. The molecule has 0 radical (unpaired) electrons. The van der Waals surface area contributed by atoms with Gasteiger partial charge in [-0.05, 0) is 19.1 Å². The fraction of sp³-hybridized carbons (Fsp3) is 0.0909. The number of hydrogen-bond acceptors (Lipinski definition) is 4. The summed E-state index contributed by atoms with van der Waals surface area (Å²) in [6.07, 6.45) is 0. The standard InChI is InChI=1S/C11H10ClN3O2/c1-6-5-9(15-17-6)14-11(16)7-3-2-4-8(13)10(7)12/h2-5H,13H2,1H3,(H,14,15,16). The number of rotatable bonds is 2. The normalized spacial score (nSPS) is 10.2. The summed E-state index contributed by atoms with van der Waals surface area (Å²) in [7, 11) is 0. The third kappa shape index (κ3) is 2.39. The van der Waals surface area contributed by atoms with Gasteiger partial charge in [-0.2, -0.15) is 0 Å². The minimum Gasteiger partial charge on any atom is -0.398 e. The first-order valence-corrected chi connectivity index (χ1v) is 5.24. The van der Waals surface area contributed by atoms with Gasteiger partial charge in [0.05, 0.1) is 16.3 Å². The van der Waals surface area contributed by atoms with Gasteiger partial charge in [-0.1, -0.05) is 22.8 Å². The molecule has 6 heteroatoms. The Bertz CT molecular complexity index is 566. The lowest BCUT2D eigenvalue weighted by Crippen LogP contribution is -2.13. The molecule has 0 aliphatic carbocycles. The molecule has 0 fully saturated rings. The summed E-state index contributed by atoms with van der Waals surface area (Å²) in [6, 6.07) is 6.47. The summed E-state index contributed by atoms with van der Waals surface area (Å²) in [5.74, 6) is 0.570. The monoisotopic (exact) mass is 251 g/mol. The Morgan fingerprint density at radius 2 is 2.29 bits per heavy atom. The van der Waals surface area contributed by atoms with Gasteiger partial charge < -0.3 is 15.6 Å². The van der Waals surface area contributed by atoms with Crippen molar-refractivity contribution in [1.29, 1.82) is 0 Å². The average Bonchev–Trinajstić information content (AvgIpc) is 2.68. The number of carbonyl (C=O) groups excluding carboxylic acids is 1. The van der Waals surface area contributed by atoms with Gasteiger partial charge in [-0.3, -0.25) is 4.79 Å². The molecule has 3 N–H and O–H groups in total. The minimum absolute atomic E-state index is 0.227. The van der Waals surface area contributed by atoms with Gasteiger partial charge in [-0.25, -0.2) is 0 Å². The maximum absolute atomic E-state index is 11.9. The van der Waals surface area contributed by atoms with Crippen LogP contribution in [-0.2, 0) is 0 Å². The number of nitrogens with zero attached hydrogens (tertiary/aromatic N) is 1. The van der Waals surface area contributed by atoms with Crippen molar-refractivity contribution in [1.82, 2.24) is 5.16 Å². The molecular formula is C11H10ClN3O2. The van der Waals surface area contributed by atoms with Crippen molar-refractivity contribution in [2.75, 3.05) is 11.1 Å². The van der Waals surface area contributed by atoms with Crippen LogP contribution >= 0.6 is 11.6 Å². The lowest BCUT2D eigenvalue weighted by Gasteiger charge is -2.05. The Balaban J connectivity index is 2.23. The Kier molecular flexibility index (Phi) is 3.01. The molecule has 0 saturated carbocycles. The number of anilines is 2. The van der Waals surface area contributed by atoms with Crippen LogP contribution in [0.1, 0.15) is 16.1 Å². The zero-order valence-electron chi connectivity index (χ0n) is 9.03. The van der Waals surface area contributed by atoms with Gasteiger partial charge in [0.15, 0.2) is 5.82 Å². The van der Waals surface area contributed by atoms with Crippen molar-refractivity contribution in [2.45, 2.75) is 6.92 Å². The van der Waals surface area contributed by atoms with Gasteiger partial charge in [0, 0.05) is 6.07 Å². The molecule has 0 unspecified atom stereocenters. The maximum Gasteiger partial charge on any atom is 0.258 e. The highest BCUT2D eigenvalue weighted by Gasteiger charge is 2.13. The van der Waals surface area contributed by atoms with Crippen molar-refractivity contribution in [3.63, 3.8) is 0 Å². The van der Waals surface area contributed by atoms with Crippen molar-refractivity contribution in [3.8, 4) is 0 Å². The highest BCUT2D eigenvalue weighted by molar-refractivity contribution is 6.36. The Labute approximate surface area is 103 Å². The fourth-order valence-electron chi connectivity index (χ4n) is 1.33. The van der Waals surface area contributed by atoms with Gasteiger partial charge >= 0.3 is 0 Å². The molecule has 1 amide bonds. The van der Waals surface area contributed by atoms with E-state index in [9.17, 15) is 4.79 Å². The highest BCUT2D eigenvalue weighted by Crippen LogP contribution is 2.23. The second-order valence-corrected chi connectivity index (χ2v) is 3.86. The maximum atomic E-state index is 11.9. The first kappa shape index (κ1) is 11.5. The van der Waals surface area contributed by atoms with E-state index in [0.717, 1.165) is 0 Å². The summed E-state index contributed by atoms with van der Waals surface area (Å²) >= 11 is 5.93. The molecule has 2 aromatic rings. The molecular weight excluding hydrogens is 242 g/mol. The van der Waals surface area contributed by atoms with Gasteiger partial charge in [-0.15, -0.1) is 0 Å². The second-order valence-electron chi connectivity index (χ2n) is 3.49. The number of halogens is 1. The van der Waals surface area contributed by atoms with E-state index in [1.54, 1.807) is 31.2 Å². The summed E-state index contributed by atoms with van der Waals surface area (Å²) in [6.45, 7) is 1.73. The average molecular weight is 252 g/mol. The van der Waals surface area contributed by atoms with Crippen LogP contribution in [0.4, 0.5) is 11.5 Å². The first-order chi connectivity index (χ1) is 8.08. The molecule has 0 spiro atoms. The zero-order valence-corrected chi connectivity index (χ0v) is 9.78. The molecule has 1 aromatic heterocycles. The van der Waals surface area contributed by atoms with Gasteiger partial charge in [0.2, 0.25) is 0 Å². The van der Waals surface area contributed by atoms with Crippen LogP contribution in [0.2, 0.25) is 5.02 Å². The quantitative estimate of drug-likeness (QED) is 0.804. The van der Waals surface area contributed by atoms with Crippen LogP contribution in [0.5, 0.6) is 0 Å². The van der Waals surface area contributed by atoms with Gasteiger partial charge in [0.25, 0.3) is 5.91 Å². The van der Waals surface area contributed by atoms with Crippen molar-refractivity contribution in [3.05, 3.63) is 40.6 Å². The number of benzene rings is 1. The number of nitrogen functional groups attached to an aromatic ring is 1. The van der Waals surface area contributed by atoms with Crippen molar-refractivity contribution < 1.29 is 9.32 Å². The first-order valence-electron chi connectivity index (χ1n) is 4.86. The molecule has 1 aromatic carbocycles. The second kappa shape index (κ2) is 4.47. The van der Waals surface area contributed by atoms with Crippen LogP contribution in [0, 0.1) is 6.92 Å². The van der Waals surface area contributed by atoms with Crippen LogP contribution in [0.25, 0.3) is 0 Å². The van der Waals surface area contributed by atoms with E-state index in [4.69, 9.17) is 21.9 Å². The molecule has 5 nitrogen and oxygen atoms in total. The van der Waals surface area contributed by atoms with E-state index in [1.807, 2.05) is 0 Å². The van der Waals surface area contributed by atoms with E-state index >= 15 is 0 Å². The summed E-state index contributed by atoms with van der Waals surface area (Å²) < 4.78 is 4.83. The minimum atomic E-state index is -0.379.